The third-order valence-electron chi connectivity index (χ3n) is 6.03. The maximum atomic E-state index is 12.1. The van der Waals surface area contributed by atoms with Gasteiger partial charge in [0.25, 0.3) is 0 Å². The van der Waals surface area contributed by atoms with Crippen LogP contribution in [0.1, 0.15) is 94.4 Å². The molecule has 0 radical (unpaired) electrons. The minimum absolute atomic E-state index is 0.106. The molecule has 0 atom stereocenters. The first-order chi connectivity index (χ1) is 17.3. The van der Waals surface area contributed by atoms with E-state index in [0.29, 0.717) is 17.4 Å². The van der Waals surface area contributed by atoms with Gasteiger partial charge in [-0.05, 0) is 95.7 Å². The van der Waals surface area contributed by atoms with E-state index in [1.54, 1.807) is 0 Å². The quantitative estimate of drug-likeness (QED) is 0.295. The van der Waals surface area contributed by atoms with Gasteiger partial charge in [-0.3, -0.25) is 9.48 Å². The molecule has 0 amide bonds. The highest BCUT2D eigenvalue weighted by Gasteiger charge is 2.29. The molecule has 200 valence electrons. The zero-order valence-electron chi connectivity index (χ0n) is 23.4. The number of aromatic nitrogens is 2. The number of anilines is 2. The number of carbonyl (C=O) groups is 1. The summed E-state index contributed by atoms with van der Waals surface area (Å²) in [5.74, 6) is 0.634. The molecule has 0 bridgehead atoms. The Hall–Kier alpha value is -2.29. The van der Waals surface area contributed by atoms with E-state index in [4.69, 9.17) is 5.10 Å². The molecule has 8 heteroatoms. The molecule has 4 rings (SSSR count). The number of hydrogen-bond donors (Lipinski definition) is 3. The van der Waals surface area contributed by atoms with Crippen molar-refractivity contribution in [1.29, 1.82) is 0 Å². The zero-order chi connectivity index (χ0) is 26.7. The first-order valence-corrected chi connectivity index (χ1v) is 13.9. The number of benzene rings is 1. The Morgan fingerprint density at radius 1 is 1.08 bits per heavy atom. The summed E-state index contributed by atoms with van der Waals surface area (Å²) in [6, 6.07) is 6.77. The van der Waals surface area contributed by atoms with E-state index in [0.717, 1.165) is 37.1 Å². The van der Waals surface area contributed by atoms with Crippen molar-refractivity contribution in [3.05, 3.63) is 41.2 Å². The lowest BCUT2D eigenvalue weighted by Gasteiger charge is -2.29. The van der Waals surface area contributed by atoms with Crippen LogP contribution in [0, 0.1) is 0 Å². The number of hydrogen-bond acceptors (Lipinski definition) is 7. The van der Waals surface area contributed by atoms with Gasteiger partial charge in [-0.1, -0.05) is 33.1 Å². The molecule has 1 saturated carbocycles. The van der Waals surface area contributed by atoms with Crippen molar-refractivity contribution in [2.45, 2.75) is 89.7 Å². The SMILES string of the molecule is CC.CN/C=C\c1c(C=O)c(Nc2ccc3c(c2)CN(C(C)(C)C)S3)nn1C1CCCCC1.CNC. The third kappa shape index (κ3) is 7.60. The van der Waals surface area contributed by atoms with E-state index in [1.807, 2.05) is 59.2 Å². The summed E-state index contributed by atoms with van der Waals surface area (Å²) in [6.07, 6.45) is 10.7. The topological polar surface area (TPSA) is 74.2 Å². The van der Waals surface area contributed by atoms with Crippen LogP contribution in [0.25, 0.3) is 6.08 Å². The highest BCUT2D eigenvalue weighted by Crippen LogP contribution is 2.42. The Morgan fingerprint density at radius 3 is 2.33 bits per heavy atom. The van der Waals surface area contributed by atoms with Crippen LogP contribution in [0.4, 0.5) is 11.5 Å². The van der Waals surface area contributed by atoms with E-state index in [1.165, 1.54) is 29.7 Å². The molecule has 36 heavy (non-hydrogen) atoms. The molecular weight excluding hydrogens is 468 g/mol. The number of carbonyl (C=O) groups excluding carboxylic acids is 1. The van der Waals surface area contributed by atoms with E-state index < -0.39 is 0 Å². The van der Waals surface area contributed by atoms with Crippen LogP contribution in [0.5, 0.6) is 0 Å². The van der Waals surface area contributed by atoms with E-state index >= 15 is 0 Å². The van der Waals surface area contributed by atoms with Gasteiger partial charge in [-0.25, -0.2) is 4.31 Å². The van der Waals surface area contributed by atoms with Gasteiger partial charge in [-0.2, -0.15) is 5.10 Å². The van der Waals surface area contributed by atoms with Gasteiger partial charge in [0.15, 0.2) is 12.1 Å². The minimum atomic E-state index is 0.106. The summed E-state index contributed by atoms with van der Waals surface area (Å²) in [6.45, 7) is 11.6. The molecule has 2 aliphatic rings. The molecule has 1 aromatic carbocycles. The fourth-order valence-electron chi connectivity index (χ4n) is 4.29. The second-order valence-corrected chi connectivity index (χ2v) is 10.9. The zero-order valence-corrected chi connectivity index (χ0v) is 24.3. The second-order valence-electron chi connectivity index (χ2n) is 9.87. The van der Waals surface area contributed by atoms with Crippen molar-refractivity contribution in [2.75, 3.05) is 26.5 Å². The Morgan fingerprint density at radius 2 is 1.75 bits per heavy atom. The van der Waals surface area contributed by atoms with Crippen LogP contribution in [0.15, 0.2) is 29.3 Å². The van der Waals surface area contributed by atoms with E-state index in [2.05, 4.69) is 63.9 Å². The van der Waals surface area contributed by atoms with Crippen molar-refractivity contribution in [3.8, 4) is 0 Å². The Kier molecular flexibility index (Phi) is 12.0. The number of nitrogens with zero attached hydrogens (tertiary/aromatic N) is 3. The lowest BCUT2D eigenvalue weighted by atomic mass is 9.95. The minimum Gasteiger partial charge on any atom is -0.394 e. The lowest BCUT2D eigenvalue weighted by Crippen LogP contribution is -2.32. The lowest BCUT2D eigenvalue weighted by molar-refractivity contribution is 0.112. The summed E-state index contributed by atoms with van der Waals surface area (Å²) < 4.78 is 4.46. The largest absolute Gasteiger partial charge is 0.394 e. The summed E-state index contributed by atoms with van der Waals surface area (Å²) in [5, 5.41) is 14.1. The van der Waals surface area contributed by atoms with Gasteiger partial charge < -0.3 is 16.0 Å². The first kappa shape index (κ1) is 29.9. The average molecular weight is 515 g/mol. The molecule has 1 aliphatic heterocycles. The summed E-state index contributed by atoms with van der Waals surface area (Å²) in [5.41, 5.74) is 3.86. The van der Waals surface area contributed by atoms with E-state index in [-0.39, 0.29) is 5.54 Å². The Labute approximate surface area is 222 Å². The second kappa shape index (κ2) is 14.4. The Bertz CT molecular complexity index is 989. The number of aldehydes is 1. The molecule has 1 fully saturated rings. The molecule has 0 unspecified atom stereocenters. The maximum Gasteiger partial charge on any atom is 0.163 e. The van der Waals surface area contributed by atoms with Crippen molar-refractivity contribution in [1.82, 2.24) is 24.7 Å². The van der Waals surface area contributed by atoms with Gasteiger partial charge in [0, 0.05) is 29.7 Å². The molecule has 0 spiro atoms. The van der Waals surface area contributed by atoms with Crippen LogP contribution >= 0.6 is 11.9 Å². The summed E-state index contributed by atoms with van der Waals surface area (Å²) in [7, 11) is 5.61. The maximum absolute atomic E-state index is 12.1. The van der Waals surface area contributed by atoms with Crippen LogP contribution < -0.4 is 16.0 Å². The summed E-state index contributed by atoms with van der Waals surface area (Å²) >= 11 is 1.81. The van der Waals surface area contributed by atoms with Crippen LogP contribution in [-0.4, -0.2) is 47.1 Å². The first-order valence-electron chi connectivity index (χ1n) is 13.2. The molecular formula is C28H46N6OS. The van der Waals surface area contributed by atoms with Crippen molar-refractivity contribution >= 4 is 35.8 Å². The monoisotopic (exact) mass is 514 g/mol. The van der Waals surface area contributed by atoms with Gasteiger partial charge >= 0.3 is 0 Å². The van der Waals surface area contributed by atoms with Crippen LogP contribution in [-0.2, 0) is 6.54 Å². The molecule has 3 N–H and O–H groups in total. The number of rotatable bonds is 6. The fraction of sp³-hybridized carbons (Fsp3) is 0.571. The van der Waals surface area contributed by atoms with Crippen LogP contribution in [0.2, 0.25) is 0 Å². The van der Waals surface area contributed by atoms with Gasteiger partial charge in [-0.15, -0.1) is 0 Å². The number of nitrogens with one attached hydrogen (secondary N) is 3. The van der Waals surface area contributed by atoms with Crippen LogP contribution in [0.3, 0.4) is 0 Å². The molecule has 0 saturated heterocycles. The van der Waals surface area contributed by atoms with Gasteiger partial charge in [0.05, 0.1) is 17.3 Å². The van der Waals surface area contributed by atoms with Crippen molar-refractivity contribution < 1.29 is 4.79 Å². The standard InChI is InChI=1S/C24H33N5OS.C2H7N.C2H6/c1-24(2,3)28-15-17-14-18(10-11-22(17)31-28)26-23-20(16-30)21(12-13-25-4)29(27-23)19-8-6-5-7-9-19;1-3-2;1-2/h10-14,16,19,25H,5-9,15H2,1-4H3,(H,26,27);3H,1-2H3;1-2H3/b13-12-;;. The molecule has 7 nitrogen and oxygen atoms in total. The normalized spacial score (nSPS) is 16.0. The smallest absolute Gasteiger partial charge is 0.163 e. The van der Waals surface area contributed by atoms with E-state index in [9.17, 15) is 4.79 Å². The Balaban J connectivity index is 0.000000850. The summed E-state index contributed by atoms with van der Waals surface area (Å²) in [4.78, 5) is 13.4. The molecule has 1 aliphatic carbocycles. The highest BCUT2D eigenvalue weighted by atomic mass is 32.2. The predicted molar refractivity (Wildman–Crippen MR) is 155 cm³/mol. The fourth-order valence-corrected chi connectivity index (χ4v) is 5.37. The number of fused-ring (bicyclic) bond motifs is 1. The van der Waals surface area contributed by atoms with Crippen molar-refractivity contribution in [3.63, 3.8) is 0 Å². The third-order valence-corrected chi connectivity index (χ3v) is 7.52. The van der Waals surface area contributed by atoms with Crippen molar-refractivity contribution in [2.24, 2.45) is 0 Å². The molecule has 2 heterocycles. The highest BCUT2D eigenvalue weighted by molar-refractivity contribution is 7.97. The molecule has 2 aromatic rings. The molecule has 1 aromatic heterocycles. The van der Waals surface area contributed by atoms with Gasteiger partial charge in [0.2, 0.25) is 0 Å². The average Bonchev–Trinajstić information content (AvgIpc) is 3.46. The van der Waals surface area contributed by atoms with Gasteiger partial charge in [0.1, 0.15) is 0 Å². The predicted octanol–water partition coefficient (Wildman–Crippen LogP) is 6.62.